The molecule has 0 bridgehead atoms. The lowest BCUT2D eigenvalue weighted by Crippen LogP contribution is -2.39. The highest BCUT2D eigenvalue weighted by molar-refractivity contribution is 7.89. The number of H-pyrrole nitrogens is 1. The number of methoxy groups -OCH3 is 1. The zero-order valence-corrected chi connectivity index (χ0v) is 10.7. The van der Waals surface area contributed by atoms with E-state index in [4.69, 9.17) is 0 Å². The van der Waals surface area contributed by atoms with Crippen molar-refractivity contribution in [3.05, 3.63) is 12.3 Å². The van der Waals surface area contributed by atoms with Gasteiger partial charge < -0.3 is 4.74 Å². The number of ether oxygens (including phenoxy) is 1. The fourth-order valence-electron chi connectivity index (χ4n) is 1.09. The SMILES string of the molecule is COC(=O)C(C)(C)CNS(=O)(=O)c1ccn[nH]1. The highest BCUT2D eigenvalue weighted by Gasteiger charge is 2.30. The molecule has 2 N–H and O–H groups in total. The Labute approximate surface area is 99.6 Å². The molecule has 0 aromatic carbocycles. The van der Waals surface area contributed by atoms with Crippen molar-refractivity contribution in [2.24, 2.45) is 5.41 Å². The first-order chi connectivity index (χ1) is 7.79. The van der Waals surface area contributed by atoms with Gasteiger partial charge >= 0.3 is 5.97 Å². The number of sulfonamides is 1. The molecule has 8 heteroatoms. The maximum absolute atomic E-state index is 11.7. The zero-order valence-electron chi connectivity index (χ0n) is 9.85. The maximum atomic E-state index is 11.7. The van der Waals surface area contributed by atoms with Gasteiger partial charge in [-0.1, -0.05) is 0 Å². The van der Waals surface area contributed by atoms with Crippen LogP contribution in [0.1, 0.15) is 13.8 Å². The lowest BCUT2D eigenvalue weighted by molar-refractivity contribution is -0.150. The third kappa shape index (κ3) is 3.27. The Bertz CT molecular complexity index is 478. The molecule has 0 fully saturated rings. The molecular weight excluding hydrogens is 246 g/mol. The number of rotatable bonds is 5. The van der Waals surface area contributed by atoms with Crippen molar-refractivity contribution in [2.75, 3.05) is 13.7 Å². The predicted octanol–water partition coefficient (Wildman–Crippen LogP) is -0.113. The van der Waals surface area contributed by atoms with Crippen LogP contribution in [0.3, 0.4) is 0 Å². The molecule has 0 aliphatic rings. The Morgan fingerprint density at radius 3 is 2.71 bits per heavy atom. The fourth-order valence-corrected chi connectivity index (χ4v) is 2.21. The van der Waals surface area contributed by atoms with Crippen LogP contribution in [0.2, 0.25) is 0 Å². The third-order valence-corrected chi connectivity index (χ3v) is 3.54. The average molecular weight is 261 g/mol. The molecule has 1 aromatic rings. The zero-order chi connectivity index (χ0) is 13.1. The molecule has 0 spiro atoms. The van der Waals surface area contributed by atoms with Crippen molar-refractivity contribution in [3.63, 3.8) is 0 Å². The second-order valence-electron chi connectivity index (χ2n) is 4.12. The largest absolute Gasteiger partial charge is 0.469 e. The highest BCUT2D eigenvalue weighted by atomic mass is 32.2. The highest BCUT2D eigenvalue weighted by Crippen LogP contribution is 2.16. The first-order valence-corrected chi connectivity index (χ1v) is 6.35. The number of nitrogens with one attached hydrogen (secondary N) is 2. The second-order valence-corrected chi connectivity index (χ2v) is 5.86. The van der Waals surface area contributed by atoms with Crippen molar-refractivity contribution in [3.8, 4) is 0 Å². The molecule has 0 atom stereocenters. The van der Waals surface area contributed by atoms with E-state index in [1.807, 2.05) is 0 Å². The number of hydrogen-bond donors (Lipinski definition) is 2. The maximum Gasteiger partial charge on any atom is 0.312 e. The van der Waals surface area contributed by atoms with E-state index in [9.17, 15) is 13.2 Å². The van der Waals surface area contributed by atoms with Crippen molar-refractivity contribution in [1.29, 1.82) is 0 Å². The first kappa shape index (κ1) is 13.7. The van der Waals surface area contributed by atoms with Crippen LogP contribution in [0.4, 0.5) is 0 Å². The molecule has 0 aliphatic carbocycles. The molecule has 0 saturated carbocycles. The molecule has 7 nitrogen and oxygen atoms in total. The minimum atomic E-state index is -3.67. The van der Waals surface area contributed by atoms with Crippen LogP contribution >= 0.6 is 0 Å². The van der Waals surface area contributed by atoms with Gasteiger partial charge in [0.05, 0.1) is 18.7 Å². The summed E-state index contributed by atoms with van der Waals surface area (Å²) in [6.45, 7) is 3.13. The van der Waals surface area contributed by atoms with E-state index >= 15 is 0 Å². The van der Waals surface area contributed by atoms with E-state index in [0.717, 1.165) is 0 Å². The van der Waals surface area contributed by atoms with Crippen LogP contribution in [0.5, 0.6) is 0 Å². The number of aromatic amines is 1. The van der Waals surface area contributed by atoms with Gasteiger partial charge in [0.25, 0.3) is 10.0 Å². The van der Waals surface area contributed by atoms with Crippen molar-refractivity contribution in [1.82, 2.24) is 14.9 Å². The van der Waals surface area contributed by atoms with Crippen molar-refractivity contribution >= 4 is 16.0 Å². The van der Waals surface area contributed by atoms with Crippen molar-refractivity contribution in [2.45, 2.75) is 18.9 Å². The molecule has 1 aromatic heterocycles. The van der Waals surface area contributed by atoms with Crippen LogP contribution in [0.15, 0.2) is 17.3 Å². The molecule has 0 saturated heterocycles. The lowest BCUT2D eigenvalue weighted by atomic mass is 9.94. The topological polar surface area (TPSA) is 101 Å². The predicted molar refractivity (Wildman–Crippen MR) is 59.6 cm³/mol. The molecular formula is C9H15N3O4S. The number of aromatic nitrogens is 2. The van der Waals surface area contributed by atoms with Crippen LogP contribution < -0.4 is 4.72 Å². The average Bonchev–Trinajstić information content (AvgIpc) is 2.79. The van der Waals surface area contributed by atoms with Crippen LogP contribution in [-0.2, 0) is 19.6 Å². The lowest BCUT2D eigenvalue weighted by Gasteiger charge is -2.21. The summed E-state index contributed by atoms with van der Waals surface area (Å²) in [6, 6.07) is 1.33. The molecule has 1 rings (SSSR count). The van der Waals surface area contributed by atoms with Gasteiger partial charge in [-0.2, -0.15) is 5.10 Å². The molecule has 17 heavy (non-hydrogen) atoms. The Balaban J connectivity index is 2.72. The third-order valence-electron chi connectivity index (χ3n) is 2.21. The van der Waals surface area contributed by atoms with E-state index in [-0.39, 0.29) is 11.6 Å². The summed E-state index contributed by atoms with van der Waals surface area (Å²) >= 11 is 0. The van der Waals surface area contributed by atoms with E-state index in [1.165, 1.54) is 19.4 Å². The Morgan fingerprint density at radius 1 is 1.59 bits per heavy atom. The quantitative estimate of drug-likeness (QED) is 0.720. The standard InChI is InChI=1S/C9H15N3O4S/c1-9(2,8(13)16-3)6-11-17(14,15)7-4-5-10-12-7/h4-5,11H,6H2,1-3H3,(H,10,12). The summed E-state index contributed by atoms with van der Waals surface area (Å²) in [5.74, 6) is -0.482. The van der Waals surface area contributed by atoms with E-state index in [0.29, 0.717) is 0 Å². The first-order valence-electron chi connectivity index (χ1n) is 4.87. The Hall–Kier alpha value is -1.41. The molecule has 0 aliphatic heterocycles. The van der Waals surface area contributed by atoms with Crippen LogP contribution in [-0.4, -0.2) is 38.2 Å². The van der Waals surface area contributed by atoms with Crippen LogP contribution in [0.25, 0.3) is 0 Å². The molecule has 1 heterocycles. The van der Waals surface area contributed by atoms with E-state index in [1.54, 1.807) is 13.8 Å². The molecule has 0 unspecified atom stereocenters. The molecule has 96 valence electrons. The number of nitrogens with zero attached hydrogens (tertiary/aromatic N) is 1. The van der Waals surface area contributed by atoms with Gasteiger partial charge in [0.1, 0.15) is 0 Å². The van der Waals surface area contributed by atoms with Gasteiger partial charge in [-0.3, -0.25) is 9.89 Å². The minimum Gasteiger partial charge on any atom is -0.469 e. The number of carbonyl (C=O) groups excluding carboxylic acids is 1. The van der Waals surface area contributed by atoms with Gasteiger partial charge in [0.15, 0.2) is 5.03 Å². The van der Waals surface area contributed by atoms with E-state index < -0.39 is 21.4 Å². The summed E-state index contributed by atoms with van der Waals surface area (Å²) in [5.41, 5.74) is -0.929. The normalized spacial score (nSPS) is 12.4. The smallest absolute Gasteiger partial charge is 0.312 e. The van der Waals surface area contributed by atoms with Gasteiger partial charge in [-0.15, -0.1) is 0 Å². The van der Waals surface area contributed by atoms with Crippen LogP contribution in [0, 0.1) is 5.41 Å². The summed E-state index contributed by atoms with van der Waals surface area (Å²) in [4.78, 5) is 11.4. The van der Waals surface area contributed by atoms with Gasteiger partial charge in [-0.05, 0) is 19.9 Å². The minimum absolute atomic E-state index is 0.0434. The number of esters is 1. The molecule has 0 amide bonds. The summed E-state index contributed by atoms with van der Waals surface area (Å²) in [7, 11) is -2.41. The molecule has 0 radical (unpaired) electrons. The Kier molecular flexibility index (Phi) is 3.89. The Morgan fingerprint density at radius 2 is 2.24 bits per heavy atom. The van der Waals surface area contributed by atoms with Gasteiger partial charge in [0, 0.05) is 6.54 Å². The number of hydrogen-bond acceptors (Lipinski definition) is 5. The second kappa shape index (κ2) is 4.84. The number of carbonyl (C=O) groups is 1. The summed E-state index contributed by atoms with van der Waals surface area (Å²) in [5, 5.41) is 5.85. The van der Waals surface area contributed by atoms with E-state index in [2.05, 4.69) is 19.7 Å². The fraction of sp³-hybridized carbons (Fsp3) is 0.556. The summed E-state index contributed by atoms with van der Waals surface area (Å²) < 4.78 is 30.3. The van der Waals surface area contributed by atoms with Gasteiger partial charge in [-0.25, -0.2) is 13.1 Å². The summed E-state index contributed by atoms with van der Waals surface area (Å²) in [6.07, 6.45) is 1.33. The van der Waals surface area contributed by atoms with Crippen molar-refractivity contribution < 1.29 is 17.9 Å². The van der Waals surface area contributed by atoms with Gasteiger partial charge in [0.2, 0.25) is 0 Å². The monoisotopic (exact) mass is 261 g/mol.